The average Bonchev–Trinajstić information content (AvgIpc) is 3.83. The number of anilines is 1. The third-order valence-corrected chi connectivity index (χ3v) is 8.67. The summed E-state index contributed by atoms with van der Waals surface area (Å²) in [5.74, 6) is -2.14. The Bertz CT molecular complexity index is 1730. The van der Waals surface area contributed by atoms with Crippen LogP contribution in [0.1, 0.15) is 55.6 Å². The highest BCUT2D eigenvalue weighted by Gasteiger charge is 2.36. The van der Waals surface area contributed by atoms with Crippen LogP contribution in [0.4, 0.5) is 23.2 Å². The van der Waals surface area contributed by atoms with Crippen molar-refractivity contribution in [2.45, 2.75) is 64.6 Å². The molecule has 1 aliphatic carbocycles. The number of ether oxygens (including phenoxy) is 3. The zero-order valence-corrected chi connectivity index (χ0v) is 27.0. The predicted octanol–water partition coefficient (Wildman–Crippen LogP) is 5.43. The molecule has 254 valence electrons. The molecule has 1 aliphatic heterocycles. The second kappa shape index (κ2) is 13.6. The largest absolute Gasteiger partial charge is 0.573 e. The van der Waals surface area contributed by atoms with E-state index in [2.05, 4.69) is 10.1 Å². The first-order valence-electron chi connectivity index (χ1n) is 15.2. The Morgan fingerprint density at radius 3 is 2.36 bits per heavy atom. The van der Waals surface area contributed by atoms with Crippen molar-refractivity contribution in [3.63, 3.8) is 0 Å². The predicted molar refractivity (Wildman–Crippen MR) is 167 cm³/mol. The van der Waals surface area contributed by atoms with E-state index in [1.165, 1.54) is 19.4 Å². The Morgan fingerprint density at radius 2 is 1.79 bits per heavy atom. The number of nitrogens with one attached hydrogen (secondary N) is 1. The third-order valence-electron chi connectivity index (χ3n) is 8.32. The summed E-state index contributed by atoms with van der Waals surface area (Å²) in [6, 6.07) is 4.11. The number of amides is 1. The lowest BCUT2D eigenvalue weighted by Crippen LogP contribution is -2.58. The number of benzene rings is 2. The SMILES string of the molecule is CCOC(=O)CN1[C@H](C)CN(c2c(F)cc3c(=O)c(C(=O)NCc4ccc(OC(F)(F)F)cc4Cl)cn(C4CC4)c3c2OC)C[C@@H]1C. The van der Waals surface area contributed by atoms with Crippen LogP contribution in [0.15, 0.2) is 35.3 Å². The van der Waals surface area contributed by atoms with E-state index in [4.69, 9.17) is 21.1 Å². The van der Waals surface area contributed by atoms with Gasteiger partial charge in [0.1, 0.15) is 17.0 Å². The van der Waals surface area contributed by atoms with Crippen molar-refractivity contribution in [3.8, 4) is 11.5 Å². The maximum Gasteiger partial charge on any atom is 0.573 e. The quantitative estimate of drug-likeness (QED) is 0.223. The van der Waals surface area contributed by atoms with Crippen molar-refractivity contribution >= 4 is 40.1 Å². The van der Waals surface area contributed by atoms with E-state index in [1.807, 2.05) is 23.6 Å². The van der Waals surface area contributed by atoms with Crippen LogP contribution in [0.5, 0.6) is 11.5 Å². The fourth-order valence-corrected chi connectivity index (χ4v) is 6.32. The molecule has 2 aliphatic rings. The van der Waals surface area contributed by atoms with Gasteiger partial charge < -0.3 is 29.0 Å². The molecule has 47 heavy (non-hydrogen) atoms. The number of alkyl halides is 3. The molecule has 1 aromatic heterocycles. The number of pyridine rings is 1. The number of carbonyl (C=O) groups excluding carboxylic acids is 2. The Kier molecular flexibility index (Phi) is 9.92. The van der Waals surface area contributed by atoms with Gasteiger partial charge in [-0.25, -0.2) is 4.39 Å². The van der Waals surface area contributed by atoms with Gasteiger partial charge in [0, 0.05) is 49.0 Å². The molecule has 2 atom stereocenters. The fraction of sp³-hybridized carbons (Fsp3) is 0.469. The summed E-state index contributed by atoms with van der Waals surface area (Å²) in [5.41, 5.74) is -0.0969. The summed E-state index contributed by atoms with van der Waals surface area (Å²) >= 11 is 6.12. The Hall–Kier alpha value is -4.04. The molecule has 0 radical (unpaired) electrons. The van der Waals surface area contributed by atoms with Gasteiger partial charge in [0.05, 0.1) is 31.2 Å². The normalized spacial score (nSPS) is 18.7. The van der Waals surface area contributed by atoms with Crippen molar-refractivity contribution in [1.82, 2.24) is 14.8 Å². The van der Waals surface area contributed by atoms with Crippen LogP contribution in [0.2, 0.25) is 5.02 Å². The smallest absolute Gasteiger partial charge is 0.492 e. The van der Waals surface area contributed by atoms with E-state index >= 15 is 4.39 Å². The van der Waals surface area contributed by atoms with Gasteiger partial charge in [0.25, 0.3) is 5.91 Å². The molecular formula is C32H35ClF4N4O6. The lowest BCUT2D eigenvalue weighted by molar-refractivity contribution is -0.274. The number of esters is 1. The van der Waals surface area contributed by atoms with E-state index in [1.54, 1.807) is 11.5 Å². The van der Waals surface area contributed by atoms with Gasteiger partial charge in [-0.3, -0.25) is 19.3 Å². The molecule has 2 fully saturated rings. The number of hydrogen-bond donors (Lipinski definition) is 1. The van der Waals surface area contributed by atoms with Crippen LogP contribution in [0, 0.1) is 5.82 Å². The summed E-state index contributed by atoms with van der Waals surface area (Å²) in [5, 5.41) is 2.48. The first kappa shape index (κ1) is 34.3. The summed E-state index contributed by atoms with van der Waals surface area (Å²) in [6.45, 7) is 6.57. The van der Waals surface area contributed by atoms with Gasteiger partial charge in [0.15, 0.2) is 11.6 Å². The molecule has 2 aromatic carbocycles. The van der Waals surface area contributed by atoms with E-state index in [0.717, 1.165) is 31.0 Å². The highest BCUT2D eigenvalue weighted by molar-refractivity contribution is 6.31. The molecule has 0 unspecified atom stereocenters. The van der Waals surface area contributed by atoms with Gasteiger partial charge in [-0.05, 0) is 57.4 Å². The summed E-state index contributed by atoms with van der Waals surface area (Å²) in [4.78, 5) is 43.1. The molecule has 15 heteroatoms. The van der Waals surface area contributed by atoms with Crippen molar-refractivity contribution in [1.29, 1.82) is 0 Å². The second-order valence-electron chi connectivity index (χ2n) is 11.7. The van der Waals surface area contributed by atoms with Crippen molar-refractivity contribution in [2.75, 3.05) is 38.3 Å². The van der Waals surface area contributed by atoms with E-state index < -0.39 is 29.3 Å². The van der Waals surface area contributed by atoms with Crippen LogP contribution in [-0.4, -0.2) is 73.1 Å². The number of halogens is 5. The van der Waals surface area contributed by atoms with Gasteiger partial charge in [0.2, 0.25) is 5.43 Å². The van der Waals surface area contributed by atoms with Crippen LogP contribution in [0.25, 0.3) is 10.9 Å². The van der Waals surface area contributed by atoms with Crippen LogP contribution in [-0.2, 0) is 16.1 Å². The number of carbonyl (C=O) groups is 2. The number of fused-ring (bicyclic) bond motifs is 1. The van der Waals surface area contributed by atoms with Crippen LogP contribution >= 0.6 is 11.6 Å². The molecule has 3 aromatic rings. The Labute approximate surface area is 273 Å². The molecule has 10 nitrogen and oxygen atoms in total. The highest BCUT2D eigenvalue weighted by Crippen LogP contribution is 2.44. The van der Waals surface area contributed by atoms with Gasteiger partial charge in [-0.1, -0.05) is 17.7 Å². The fourth-order valence-electron chi connectivity index (χ4n) is 6.08. The lowest BCUT2D eigenvalue weighted by atomic mass is 10.0. The molecule has 0 spiro atoms. The van der Waals surface area contributed by atoms with Crippen molar-refractivity contribution in [3.05, 3.63) is 62.7 Å². The summed E-state index contributed by atoms with van der Waals surface area (Å²) in [7, 11) is 1.40. The van der Waals surface area contributed by atoms with Crippen LogP contribution < -0.4 is 25.1 Å². The molecule has 1 saturated carbocycles. The maximum atomic E-state index is 16.1. The highest BCUT2D eigenvalue weighted by atomic mass is 35.5. The number of methoxy groups -OCH3 is 1. The second-order valence-corrected chi connectivity index (χ2v) is 12.1. The molecule has 1 amide bonds. The molecule has 1 saturated heterocycles. The minimum absolute atomic E-state index is 0.0311. The first-order chi connectivity index (χ1) is 22.2. The zero-order valence-electron chi connectivity index (χ0n) is 26.2. The molecular weight excluding hydrogens is 648 g/mol. The number of piperazine rings is 1. The minimum atomic E-state index is -4.89. The number of nitrogens with zero attached hydrogens (tertiary/aromatic N) is 3. The molecule has 2 heterocycles. The van der Waals surface area contributed by atoms with Crippen LogP contribution in [0.3, 0.4) is 0 Å². The number of aromatic nitrogens is 1. The molecule has 1 N–H and O–H groups in total. The topological polar surface area (TPSA) is 102 Å². The average molecular weight is 683 g/mol. The van der Waals surface area contributed by atoms with Crippen molar-refractivity contribution < 1.29 is 41.4 Å². The summed E-state index contributed by atoms with van der Waals surface area (Å²) < 4.78 is 70.3. The zero-order chi connectivity index (χ0) is 34.2. The summed E-state index contributed by atoms with van der Waals surface area (Å²) in [6.07, 6.45) is -1.90. The number of rotatable bonds is 10. The standard InChI is InChI=1S/C32H35ClF4N4O6/c1-5-46-26(42)16-40-17(2)13-39(14-18(40)3)28-25(34)11-22-27(30(28)45-4)41(20-7-8-20)15-23(29(22)43)31(44)38-12-19-6-9-21(10-24(19)33)47-32(35,36)37/h6,9-11,15,17-18,20H,5,7-8,12-14,16H2,1-4H3,(H,38,44)/t17-,18+. The minimum Gasteiger partial charge on any atom is -0.492 e. The van der Waals surface area contributed by atoms with Gasteiger partial charge in [-0.15, -0.1) is 13.2 Å². The van der Waals surface area contributed by atoms with Crippen molar-refractivity contribution in [2.24, 2.45) is 0 Å². The first-order valence-corrected chi connectivity index (χ1v) is 15.5. The lowest BCUT2D eigenvalue weighted by Gasteiger charge is -2.45. The van der Waals surface area contributed by atoms with E-state index in [9.17, 15) is 27.6 Å². The van der Waals surface area contributed by atoms with Gasteiger partial charge in [-0.2, -0.15) is 0 Å². The maximum absolute atomic E-state index is 16.1. The molecule has 5 rings (SSSR count). The Balaban J connectivity index is 1.45. The number of hydrogen-bond acceptors (Lipinski definition) is 8. The monoisotopic (exact) mass is 682 g/mol. The third kappa shape index (κ3) is 7.43. The van der Waals surface area contributed by atoms with Gasteiger partial charge >= 0.3 is 12.3 Å². The van der Waals surface area contributed by atoms with E-state index in [0.29, 0.717) is 24.2 Å². The Morgan fingerprint density at radius 1 is 1.11 bits per heavy atom. The van der Waals surface area contributed by atoms with E-state index in [-0.39, 0.29) is 71.2 Å². The molecule has 0 bridgehead atoms.